The van der Waals surface area contributed by atoms with E-state index in [9.17, 15) is 24.6 Å². The van der Waals surface area contributed by atoms with E-state index in [4.69, 9.17) is 14.2 Å². The van der Waals surface area contributed by atoms with Gasteiger partial charge in [-0.1, -0.05) is 25.7 Å². The number of fused-ring (bicyclic) bond motifs is 3. The minimum atomic E-state index is -1.34. The van der Waals surface area contributed by atoms with Crippen LogP contribution >= 0.6 is 0 Å². The zero-order valence-corrected chi connectivity index (χ0v) is 20.1. The highest BCUT2D eigenvalue weighted by Crippen LogP contribution is 2.60. The number of ether oxygens (including phenoxy) is 3. The van der Waals surface area contributed by atoms with Crippen LogP contribution in [-0.4, -0.2) is 58.1 Å². The summed E-state index contributed by atoms with van der Waals surface area (Å²) in [6.45, 7) is 13.7. The lowest BCUT2D eigenvalue weighted by Crippen LogP contribution is -2.72. The Kier molecular flexibility index (Phi) is 6.65. The number of esters is 3. The van der Waals surface area contributed by atoms with E-state index in [1.807, 2.05) is 0 Å². The van der Waals surface area contributed by atoms with Crippen LogP contribution in [0.2, 0.25) is 0 Å². The summed E-state index contributed by atoms with van der Waals surface area (Å²) in [5.74, 6) is -3.58. The maximum atomic E-state index is 12.9. The van der Waals surface area contributed by atoms with E-state index in [-0.39, 0.29) is 18.4 Å². The topological polar surface area (TPSA) is 119 Å². The standard InChI is InChI=1S/C25H34O8/c1-8-12(3)21(27)32-18-16-14(5)23(29)31-17(16)19-24(6,30)11-10-15(26)25(19,7)20(18)33-22(28)13(4)9-2/h8-9,15-20,26,30H,5,10-11H2,1-4,6-7H3/b12-8-,13-9+/t15-,16+,17-,18+,19+,20-,24+,25+/m1/s1. The highest BCUT2D eigenvalue weighted by Gasteiger charge is 2.71. The number of hydrogen-bond donors (Lipinski definition) is 2. The molecule has 0 aromatic rings. The molecule has 8 atom stereocenters. The maximum Gasteiger partial charge on any atom is 0.334 e. The number of aliphatic hydroxyl groups is 2. The summed E-state index contributed by atoms with van der Waals surface area (Å²) in [5, 5.41) is 22.6. The Balaban J connectivity index is 2.21. The van der Waals surface area contributed by atoms with E-state index < -0.39 is 65.2 Å². The lowest BCUT2D eigenvalue weighted by atomic mass is 9.49. The van der Waals surface area contributed by atoms with Crippen LogP contribution in [0, 0.1) is 17.3 Å². The third-order valence-electron chi connectivity index (χ3n) is 7.82. The molecule has 2 saturated carbocycles. The molecule has 3 aliphatic rings. The number of carbonyl (C=O) groups excluding carboxylic acids is 3. The predicted molar refractivity (Wildman–Crippen MR) is 119 cm³/mol. The van der Waals surface area contributed by atoms with Crippen molar-refractivity contribution in [3.63, 3.8) is 0 Å². The minimum absolute atomic E-state index is 0.0812. The smallest absolute Gasteiger partial charge is 0.334 e. The largest absolute Gasteiger partial charge is 0.458 e. The van der Waals surface area contributed by atoms with Crippen LogP contribution < -0.4 is 0 Å². The average Bonchev–Trinajstić information content (AvgIpc) is 3.05. The summed E-state index contributed by atoms with van der Waals surface area (Å²) in [4.78, 5) is 38.3. The lowest BCUT2D eigenvalue weighted by Gasteiger charge is -2.61. The van der Waals surface area contributed by atoms with Gasteiger partial charge in [-0.3, -0.25) is 0 Å². The molecule has 8 nitrogen and oxygen atoms in total. The molecule has 8 heteroatoms. The Bertz CT molecular complexity index is 929. The highest BCUT2D eigenvalue weighted by molar-refractivity contribution is 5.92. The SMILES string of the molecule is C=C1C(=O)O[C@@H]2[C@H]1[C@H](OC(=O)/C(C)=C\C)[C@@H](OC(=O)/C(C)=C/C)[C@@]1(C)[C@H](O)CC[C@](C)(O)[C@H]21. The Hall–Kier alpha value is -2.45. The number of rotatable bonds is 4. The van der Waals surface area contributed by atoms with Gasteiger partial charge in [0.1, 0.15) is 12.2 Å². The Morgan fingerprint density at radius 2 is 1.67 bits per heavy atom. The highest BCUT2D eigenvalue weighted by atomic mass is 16.6. The lowest BCUT2D eigenvalue weighted by molar-refractivity contribution is -0.275. The molecule has 1 aliphatic heterocycles. The first-order chi connectivity index (χ1) is 15.3. The van der Waals surface area contributed by atoms with E-state index in [2.05, 4.69) is 6.58 Å². The molecule has 1 saturated heterocycles. The number of allylic oxidation sites excluding steroid dienone is 2. The zero-order valence-electron chi connectivity index (χ0n) is 20.1. The third kappa shape index (κ3) is 3.93. The fourth-order valence-corrected chi connectivity index (χ4v) is 5.65. The van der Waals surface area contributed by atoms with Gasteiger partial charge in [-0.2, -0.15) is 0 Å². The summed E-state index contributed by atoms with van der Waals surface area (Å²) in [7, 11) is 0. The van der Waals surface area contributed by atoms with Gasteiger partial charge in [0.05, 0.1) is 17.6 Å². The Morgan fingerprint density at radius 1 is 1.12 bits per heavy atom. The Labute approximate surface area is 194 Å². The summed E-state index contributed by atoms with van der Waals surface area (Å²) >= 11 is 0. The van der Waals surface area contributed by atoms with Crippen LogP contribution in [0.3, 0.4) is 0 Å². The van der Waals surface area contributed by atoms with E-state index >= 15 is 0 Å². The molecule has 0 amide bonds. The predicted octanol–water partition coefficient (Wildman–Crippen LogP) is 2.38. The quantitative estimate of drug-likeness (QED) is 0.371. The van der Waals surface area contributed by atoms with Crippen LogP contribution in [0.15, 0.2) is 35.5 Å². The van der Waals surface area contributed by atoms with Crippen molar-refractivity contribution in [1.82, 2.24) is 0 Å². The molecular weight excluding hydrogens is 428 g/mol. The summed E-state index contributed by atoms with van der Waals surface area (Å²) in [5.41, 5.74) is -1.86. The minimum Gasteiger partial charge on any atom is -0.458 e. The molecule has 0 bridgehead atoms. The molecule has 0 aromatic carbocycles. The van der Waals surface area contributed by atoms with Gasteiger partial charge in [-0.05, 0) is 47.5 Å². The molecule has 1 heterocycles. The van der Waals surface area contributed by atoms with Crippen molar-refractivity contribution >= 4 is 17.9 Å². The van der Waals surface area contributed by atoms with Crippen LogP contribution in [0.1, 0.15) is 54.4 Å². The van der Waals surface area contributed by atoms with E-state index in [0.717, 1.165) is 0 Å². The van der Waals surface area contributed by atoms with E-state index in [0.29, 0.717) is 11.1 Å². The van der Waals surface area contributed by atoms with Gasteiger partial charge < -0.3 is 24.4 Å². The van der Waals surface area contributed by atoms with Gasteiger partial charge >= 0.3 is 17.9 Å². The molecule has 182 valence electrons. The molecule has 33 heavy (non-hydrogen) atoms. The van der Waals surface area contributed by atoms with E-state index in [1.54, 1.807) is 53.7 Å². The average molecular weight is 463 g/mol. The van der Waals surface area contributed by atoms with Crippen LogP contribution in [0.4, 0.5) is 0 Å². The van der Waals surface area contributed by atoms with Gasteiger partial charge in [-0.15, -0.1) is 0 Å². The van der Waals surface area contributed by atoms with Gasteiger partial charge in [0.25, 0.3) is 0 Å². The third-order valence-corrected chi connectivity index (χ3v) is 7.82. The first-order valence-corrected chi connectivity index (χ1v) is 11.3. The van der Waals surface area contributed by atoms with Crippen LogP contribution in [-0.2, 0) is 28.6 Å². The first kappa shape index (κ1) is 25.2. The fraction of sp³-hybridized carbons (Fsp3) is 0.640. The number of aliphatic hydroxyl groups excluding tert-OH is 1. The van der Waals surface area contributed by atoms with Crippen molar-refractivity contribution in [1.29, 1.82) is 0 Å². The molecule has 2 aliphatic carbocycles. The summed E-state index contributed by atoms with van der Waals surface area (Å²) in [6.07, 6.45) is -0.542. The van der Waals surface area contributed by atoms with Crippen molar-refractivity contribution < 1.29 is 38.8 Å². The van der Waals surface area contributed by atoms with Crippen molar-refractivity contribution in [3.05, 3.63) is 35.5 Å². The van der Waals surface area contributed by atoms with Crippen molar-refractivity contribution in [2.45, 2.75) is 84.4 Å². The second-order valence-electron chi connectivity index (χ2n) is 9.82. The van der Waals surface area contributed by atoms with Gasteiger partial charge in [0.15, 0.2) is 6.10 Å². The molecular formula is C25H34O8. The normalized spacial score (nSPS) is 41.1. The van der Waals surface area contributed by atoms with Crippen LogP contribution in [0.25, 0.3) is 0 Å². The van der Waals surface area contributed by atoms with Gasteiger partial charge in [0.2, 0.25) is 0 Å². The Morgan fingerprint density at radius 3 is 2.21 bits per heavy atom. The molecule has 3 rings (SSSR count). The molecule has 0 aromatic heterocycles. The van der Waals surface area contributed by atoms with Gasteiger partial charge in [-0.25, -0.2) is 14.4 Å². The van der Waals surface area contributed by atoms with Crippen molar-refractivity contribution in [2.75, 3.05) is 0 Å². The fourth-order valence-electron chi connectivity index (χ4n) is 5.65. The van der Waals surface area contributed by atoms with E-state index in [1.165, 1.54) is 0 Å². The molecule has 3 fully saturated rings. The molecule has 0 spiro atoms. The number of carbonyl (C=O) groups is 3. The molecule has 2 N–H and O–H groups in total. The first-order valence-electron chi connectivity index (χ1n) is 11.3. The van der Waals surface area contributed by atoms with Gasteiger partial charge in [0, 0.05) is 28.1 Å². The second-order valence-corrected chi connectivity index (χ2v) is 9.82. The van der Waals surface area contributed by atoms with Crippen molar-refractivity contribution in [3.8, 4) is 0 Å². The summed E-state index contributed by atoms with van der Waals surface area (Å²) in [6, 6.07) is 0. The second kappa shape index (κ2) is 8.72. The van der Waals surface area contributed by atoms with Crippen molar-refractivity contribution in [2.24, 2.45) is 17.3 Å². The maximum absolute atomic E-state index is 12.9. The monoisotopic (exact) mass is 462 g/mol. The van der Waals surface area contributed by atoms with Crippen LogP contribution in [0.5, 0.6) is 0 Å². The summed E-state index contributed by atoms with van der Waals surface area (Å²) < 4.78 is 17.4. The zero-order chi connectivity index (χ0) is 24.9. The molecule has 0 radical (unpaired) electrons. The molecule has 0 unspecified atom stereocenters. The number of hydrogen-bond acceptors (Lipinski definition) is 8.